The molecule has 1 aliphatic rings. The second-order valence-corrected chi connectivity index (χ2v) is 6.97. The molecule has 2 heterocycles. The van der Waals surface area contributed by atoms with E-state index >= 15 is 0 Å². The molecule has 2 N–H and O–H groups in total. The van der Waals surface area contributed by atoms with Crippen LogP contribution in [-0.4, -0.2) is 44.5 Å². The first-order valence-corrected chi connectivity index (χ1v) is 9.55. The summed E-state index contributed by atoms with van der Waals surface area (Å²) in [5, 5.41) is 5.38. The highest BCUT2D eigenvalue weighted by Crippen LogP contribution is 2.34. The van der Waals surface area contributed by atoms with E-state index in [0.29, 0.717) is 22.9 Å². The van der Waals surface area contributed by atoms with Crippen LogP contribution in [0.25, 0.3) is 0 Å². The lowest BCUT2D eigenvalue weighted by Crippen LogP contribution is -2.46. The standard InChI is InChI=1S/C21H25N3O6/c1-13(20(26)22-11-16-5-4-8-30-16)23-21(27)14-9-19(25)24(12-14)15-6-7-17(28-2)18(10-15)29-3/h4-8,10,13-14H,9,11-12H2,1-3H3,(H,22,26)(H,23,27). The van der Waals surface area contributed by atoms with Gasteiger partial charge in [0.05, 0.1) is 32.9 Å². The Bertz CT molecular complexity index is 911. The summed E-state index contributed by atoms with van der Waals surface area (Å²) in [6.07, 6.45) is 1.59. The Hall–Kier alpha value is -3.49. The van der Waals surface area contributed by atoms with Crippen molar-refractivity contribution < 1.29 is 28.3 Å². The fourth-order valence-corrected chi connectivity index (χ4v) is 3.26. The number of amides is 3. The summed E-state index contributed by atoms with van der Waals surface area (Å²) in [6.45, 7) is 2.06. The maximum absolute atomic E-state index is 12.6. The van der Waals surface area contributed by atoms with Crippen molar-refractivity contribution in [1.82, 2.24) is 10.6 Å². The van der Waals surface area contributed by atoms with Crippen LogP contribution in [0.1, 0.15) is 19.1 Å². The smallest absolute Gasteiger partial charge is 0.242 e. The van der Waals surface area contributed by atoms with Gasteiger partial charge in [0.15, 0.2) is 11.5 Å². The van der Waals surface area contributed by atoms with E-state index in [0.717, 1.165) is 0 Å². The Morgan fingerprint density at radius 2 is 2.00 bits per heavy atom. The van der Waals surface area contributed by atoms with Gasteiger partial charge >= 0.3 is 0 Å². The molecule has 9 nitrogen and oxygen atoms in total. The van der Waals surface area contributed by atoms with E-state index in [1.54, 1.807) is 37.3 Å². The minimum absolute atomic E-state index is 0.0703. The van der Waals surface area contributed by atoms with Gasteiger partial charge in [-0.1, -0.05) is 0 Å². The van der Waals surface area contributed by atoms with Gasteiger partial charge in [-0.2, -0.15) is 0 Å². The van der Waals surface area contributed by atoms with E-state index in [2.05, 4.69) is 10.6 Å². The molecule has 0 aliphatic carbocycles. The van der Waals surface area contributed by atoms with Crippen LogP contribution in [0.4, 0.5) is 5.69 Å². The summed E-state index contributed by atoms with van der Waals surface area (Å²) in [6, 6.07) is 7.88. The minimum Gasteiger partial charge on any atom is -0.493 e. The summed E-state index contributed by atoms with van der Waals surface area (Å²) in [4.78, 5) is 38.8. The van der Waals surface area contributed by atoms with Crippen LogP contribution < -0.4 is 25.0 Å². The zero-order valence-electron chi connectivity index (χ0n) is 17.1. The Morgan fingerprint density at radius 3 is 2.67 bits per heavy atom. The number of nitrogens with one attached hydrogen (secondary N) is 2. The SMILES string of the molecule is COc1ccc(N2CC(C(=O)NC(C)C(=O)NCc3ccco3)CC2=O)cc1OC. The fraction of sp³-hybridized carbons (Fsp3) is 0.381. The molecule has 0 radical (unpaired) electrons. The Labute approximate surface area is 174 Å². The highest BCUT2D eigenvalue weighted by atomic mass is 16.5. The second kappa shape index (κ2) is 9.34. The van der Waals surface area contributed by atoms with Crippen molar-refractivity contribution in [2.45, 2.75) is 25.9 Å². The van der Waals surface area contributed by atoms with Crippen LogP contribution in [0.2, 0.25) is 0 Å². The minimum atomic E-state index is -0.738. The highest BCUT2D eigenvalue weighted by molar-refractivity contribution is 6.01. The van der Waals surface area contributed by atoms with Gasteiger partial charge in [0.25, 0.3) is 0 Å². The van der Waals surface area contributed by atoms with Gasteiger partial charge in [-0.05, 0) is 31.2 Å². The molecule has 1 fully saturated rings. The molecular formula is C21H25N3O6. The number of methoxy groups -OCH3 is 2. The molecule has 2 unspecified atom stereocenters. The number of rotatable bonds is 8. The lowest BCUT2D eigenvalue weighted by molar-refractivity contribution is -0.131. The Balaban J connectivity index is 1.57. The molecule has 1 aromatic carbocycles. The summed E-state index contributed by atoms with van der Waals surface area (Å²) in [5.74, 6) is 0.277. The van der Waals surface area contributed by atoms with Crippen LogP contribution in [0.15, 0.2) is 41.0 Å². The predicted molar refractivity (Wildman–Crippen MR) is 108 cm³/mol. The van der Waals surface area contributed by atoms with E-state index in [4.69, 9.17) is 13.9 Å². The van der Waals surface area contributed by atoms with Crippen molar-refractivity contribution in [3.8, 4) is 11.5 Å². The summed E-state index contributed by atoms with van der Waals surface area (Å²) in [7, 11) is 3.05. The summed E-state index contributed by atoms with van der Waals surface area (Å²) in [5.41, 5.74) is 0.622. The molecule has 1 aliphatic heterocycles. The van der Waals surface area contributed by atoms with Gasteiger partial charge in [0, 0.05) is 24.7 Å². The fourth-order valence-electron chi connectivity index (χ4n) is 3.26. The molecular weight excluding hydrogens is 390 g/mol. The molecule has 30 heavy (non-hydrogen) atoms. The monoisotopic (exact) mass is 415 g/mol. The van der Waals surface area contributed by atoms with Gasteiger partial charge in [0.2, 0.25) is 17.7 Å². The quantitative estimate of drug-likeness (QED) is 0.676. The van der Waals surface area contributed by atoms with Crippen LogP contribution in [0.5, 0.6) is 11.5 Å². The molecule has 0 saturated carbocycles. The molecule has 1 aromatic heterocycles. The molecule has 0 spiro atoms. The topological polar surface area (TPSA) is 110 Å². The average molecular weight is 415 g/mol. The third kappa shape index (κ3) is 4.73. The highest BCUT2D eigenvalue weighted by Gasteiger charge is 2.36. The first-order valence-electron chi connectivity index (χ1n) is 9.55. The third-order valence-electron chi connectivity index (χ3n) is 4.94. The number of carbonyl (C=O) groups excluding carboxylic acids is 3. The molecule has 3 rings (SSSR count). The first kappa shape index (κ1) is 21.2. The van der Waals surface area contributed by atoms with E-state index in [1.807, 2.05) is 0 Å². The average Bonchev–Trinajstić information content (AvgIpc) is 3.41. The number of nitrogens with zero attached hydrogens (tertiary/aromatic N) is 1. The van der Waals surface area contributed by atoms with Crippen molar-refractivity contribution in [3.63, 3.8) is 0 Å². The van der Waals surface area contributed by atoms with Crippen molar-refractivity contribution >= 4 is 23.4 Å². The number of hydrogen-bond donors (Lipinski definition) is 2. The van der Waals surface area contributed by atoms with Crippen LogP contribution in [0.3, 0.4) is 0 Å². The van der Waals surface area contributed by atoms with Crippen molar-refractivity contribution in [3.05, 3.63) is 42.4 Å². The number of ether oxygens (including phenoxy) is 2. The molecule has 160 valence electrons. The normalized spacial score (nSPS) is 16.8. The van der Waals surface area contributed by atoms with E-state index in [1.165, 1.54) is 25.4 Å². The van der Waals surface area contributed by atoms with Crippen LogP contribution in [0, 0.1) is 5.92 Å². The van der Waals surface area contributed by atoms with E-state index in [9.17, 15) is 14.4 Å². The molecule has 1 saturated heterocycles. The zero-order valence-corrected chi connectivity index (χ0v) is 17.1. The van der Waals surface area contributed by atoms with E-state index in [-0.39, 0.29) is 37.2 Å². The third-order valence-corrected chi connectivity index (χ3v) is 4.94. The second-order valence-electron chi connectivity index (χ2n) is 6.97. The lowest BCUT2D eigenvalue weighted by atomic mass is 10.1. The summed E-state index contributed by atoms with van der Waals surface area (Å²) < 4.78 is 15.7. The lowest BCUT2D eigenvalue weighted by Gasteiger charge is -2.19. The molecule has 0 bridgehead atoms. The van der Waals surface area contributed by atoms with Gasteiger partial charge in [0.1, 0.15) is 11.8 Å². The van der Waals surface area contributed by atoms with Crippen LogP contribution >= 0.6 is 0 Å². The predicted octanol–water partition coefficient (Wildman–Crippen LogP) is 1.47. The Morgan fingerprint density at radius 1 is 1.23 bits per heavy atom. The zero-order chi connectivity index (χ0) is 21.7. The first-order chi connectivity index (χ1) is 14.4. The van der Waals surface area contributed by atoms with Gasteiger partial charge in [-0.25, -0.2) is 0 Å². The van der Waals surface area contributed by atoms with Gasteiger partial charge in [-0.3, -0.25) is 14.4 Å². The molecule has 9 heteroatoms. The van der Waals surface area contributed by atoms with E-state index < -0.39 is 12.0 Å². The molecule has 2 atom stereocenters. The number of carbonyl (C=O) groups is 3. The van der Waals surface area contributed by atoms with Crippen molar-refractivity contribution in [2.75, 3.05) is 25.7 Å². The number of benzene rings is 1. The molecule has 2 aromatic rings. The van der Waals surface area contributed by atoms with Crippen molar-refractivity contribution in [2.24, 2.45) is 5.92 Å². The molecule has 3 amide bonds. The Kier molecular flexibility index (Phi) is 6.61. The number of furan rings is 1. The van der Waals surface area contributed by atoms with Crippen molar-refractivity contribution in [1.29, 1.82) is 0 Å². The number of anilines is 1. The van der Waals surface area contributed by atoms with Crippen LogP contribution in [-0.2, 0) is 20.9 Å². The summed E-state index contributed by atoms with van der Waals surface area (Å²) >= 11 is 0. The maximum atomic E-state index is 12.6. The maximum Gasteiger partial charge on any atom is 0.242 e. The van der Waals surface area contributed by atoms with Gasteiger partial charge in [-0.15, -0.1) is 0 Å². The number of hydrogen-bond acceptors (Lipinski definition) is 6. The largest absolute Gasteiger partial charge is 0.493 e. The van der Waals surface area contributed by atoms with Gasteiger partial charge < -0.3 is 29.4 Å².